The van der Waals surface area contributed by atoms with Crippen molar-refractivity contribution in [3.8, 4) is 11.6 Å². The molecule has 1 aromatic heterocycles. The first-order valence-electron chi connectivity index (χ1n) is 9.64. The zero-order valence-electron chi connectivity index (χ0n) is 17.6. The molecular weight excluding hydrogens is 397 g/mol. The summed E-state index contributed by atoms with van der Waals surface area (Å²) in [6.07, 6.45) is 4.67. The average molecular weight is 421 g/mol. The second kappa shape index (κ2) is 10.3. The largest absolute Gasteiger partial charge is 0.439 e. The molecule has 0 saturated heterocycles. The zero-order chi connectivity index (χ0) is 22.2. The van der Waals surface area contributed by atoms with Gasteiger partial charge in [-0.2, -0.15) is 0 Å². The number of anilines is 3. The Bertz CT molecular complexity index is 1090. The summed E-state index contributed by atoms with van der Waals surface area (Å²) in [6, 6.07) is 13.4. The first-order valence-corrected chi connectivity index (χ1v) is 9.64. The molecule has 3 aromatic rings. The van der Waals surface area contributed by atoms with Crippen LogP contribution < -0.4 is 15.4 Å². The number of ether oxygens (including phenoxy) is 1. The van der Waals surface area contributed by atoms with E-state index in [-0.39, 0.29) is 11.7 Å². The molecule has 1 heterocycles. The Hall–Kier alpha value is -3.78. The third-order valence-electron chi connectivity index (χ3n) is 4.14. The second-order valence-electron chi connectivity index (χ2n) is 7.11. The minimum absolute atomic E-state index is 0.202. The molecule has 2 aromatic carbocycles. The van der Waals surface area contributed by atoms with Gasteiger partial charge in [-0.1, -0.05) is 12.1 Å². The number of benzene rings is 2. The quantitative estimate of drug-likeness (QED) is 0.521. The van der Waals surface area contributed by atoms with Gasteiger partial charge in [0.05, 0.1) is 0 Å². The first-order chi connectivity index (χ1) is 14.9. The fourth-order valence-corrected chi connectivity index (χ4v) is 2.64. The number of carbonyl (C=O) groups excluding carboxylic acids is 1. The van der Waals surface area contributed by atoms with Crippen molar-refractivity contribution in [2.24, 2.45) is 0 Å². The summed E-state index contributed by atoms with van der Waals surface area (Å²) >= 11 is 0. The summed E-state index contributed by atoms with van der Waals surface area (Å²) in [7, 11) is 3.86. The molecule has 1 amide bonds. The van der Waals surface area contributed by atoms with Crippen molar-refractivity contribution in [2.45, 2.75) is 6.92 Å². The standard InChI is InChI=1S/C23H24FN5O2/c1-16-12-19(9-10-20(16)24)31-23-14-21(25-15-26-23)27-17-6-4-7-18(13-17)28-22(30)8-5-11-29(2)3/h4-10,12-15H,11H2,1-3H3,(H,28,30)(H,25,26,27)/b8-5+. The topological polar surface area (TPSA) is 79.4 Å². The number of nitrogens with zero attached hydrogens (tertiary/aromatic N) is 3. The van der Waals surface area contributed by atoms with Gasteiger partial charge in [0.15, 0.2) is 0 Å². The van der Waals surface area contributed by atoms with Gasteiger partial charge in [0.1, 0.15) is 23.7 Å². The highest BCUT2D eigenvalue weighted by Gasteiger charge is 2.06. The lowest BCUT2D eigenvalue weighted by molar-refractivity contribution is -0.111. The van der Waals surface area contributed by atoms with Crippen LogP contribution in [0.15, 0.2) is 67.0 Å². The molecule has 0 aliphatic carbocycles. The predicted octanol–water partition coefficient (Wildman–Crippen LogP) is 4.52. The zero-order valence-corrected chi connectivity index (χ0v) is 17.6. The van der Waals surface area contributed by atoms with Crippen molar-refractivity contribution in [3.63, 3.8) is 0 Å². The molecule has 0 radical (unpaired) electrons. The van der Waals surface area contributed by atoms with Crippen LogP contribution in [0.2, 0.25) is 0 Å². The molecule has 160 valence electrons. The summed E-state index contributed by atoms with van der Waals surface area (Å²) in [5, 5.41) is 5.98. The fraction of sp³-hybridized carbons (Fsp3) is 0.174. The molecule has 31 heavy (non-hydrogen) atoms. The van der Waals surface area contributed by atoms with E-state index in [1.807, 2.05) is 31.1 Å². The maximum Gasteiger partial charge on any atom is 0.248 e. The van der Waals surface area contributed by atoms with Gasteiger partial charge in [-0.05, 0) is 63.0 Å². The third kappa shape index (κ3) is 6.90. The van der Waals surface area contributed by atoms with Crippen LogP contribution >= 0.6 is 0 Å². The number of amides is 1. The molecule has 0 atom stereocenters. The number of hydrogen-bond donors (Lipinski definition) is 2. The molecule has 7 nitrogen and oxygen atoms in total. The molecule has 0 fully saturated rings. The van der Waals surface area contributed by atoms with Crippen molar-refractivity contribution in [3.05, 3.63) is 78.4 Å². The van der Waals surface area contributed by atoms with Gasteiger partial charge in [0.25, 0.3) is 0 Å². The number of aryl methyl sites for hydroxylation is 1. The van der Waals surface area contributed by atoms with Gasteiger partial charge in [0, 0.05) is 30.1 Å². The molecule has 0 saturated carbocycles. The van der Waals surface area contributed by atoms with Crippen LogP contribution in [0.3, 0.4) is 0 Å². The van der Waals surface area contributed by atoms with Crippen molar-refractivity contribution in [2.75, 3.05) is 31.3 Å². The van der Waals surface area contributed by atoms with Crippen molar-refractivity contribution in [1.82, 2.24) is 14.9 Å². The summed E-state index contributed by atoms with van der Waals surface area (Å²) in [5.74, 6) is 0.816. The van der Waals surface area contributed by atoms with E-state index in [0.717, 1.165) is 5.69 Å². The Kier molecular flexibility index (Phi) is 7.29. The van der Waals surface area contributed by atoms with E-state index in [0.29, 0.717) is 35.2 Å². The minimum Gasteiger partial charge on any atom is -0.439 e. The van der Waals surface area contributed by atoms with Gasteiger partial charge in [-0.25, -0.2) is 14.4 Å². The van der Waals surface area contributed by atoms with Crippen molar-refractivity contribution >= 4 is 23.1 Å². The molecular formula is C23H24FN5O2. The Morgan fingerprint density at radius 1 is 1.13 bits per heavy atom. The van der Waals surface area contributed by atoms with Gasteiger partial charge in [-0.15, -0.1) is 0 Å². The van der Waals surface area contributed by atoms with E-state index in [2.05, 4.69) is 20.6 Å². The molecule has 0 bridgehead atoms. The summed E-state index contributed by atoms with van der Waals surface area (Å²) in [6.45, 7) is 2.35. The number of halogens is 1. The number of aromatic nitrogens is 2. The van der Waals surface area contributed by atoms with Crippen LogP contribution in [0, 0.1) is 12.7 Å². The van der Waals surface area contributed by atoms with E-state index in [1.165, 1.54) is 24.5 Å². The van der Waals surface area contributed by atoms with Gasteiger partial charge in [0.2, 0.25) is 11.8 Å². The highest BCUT2D eigenvalue weighted by atomic mass is 19.1. The maximum absolute atomic E-state index is 13.4. The SMILES string of the molecule is Cc1cc(Oc2cc(Nc3cccc(NC(=O)/C=C/CN(C)C)c3)ncn2)ccc1F. The van der Waals surface area contributed by atoms with E-state index in [4.69, 9.17) is 4.74 Å². The normalized spacial score (nSPS) is 11.0. The van der Waals surface area contributed by atoms with Crippen LogP contribution in [-0.4, -0.2) is 41.4 Å². The van der Waals surface area contributed by atoms with E-state index in [9.17, 15) is 9.18 Å². The van der Waals surface area contributed by atoms with Crippen LogP contribution in [0.25, 0.3) is 0 Å². The molecule has 2 N–H and O–H groups in total. The Morgan fingerprint density at radius 2 is 1.94 bits per heavy atom. The van der Waals surface area contributed by atoms with Crippen LogP contribution in [0.5, 0.6) is 11.6 Å². The maximum atomic E-state index is 13.4. The van der Waals surface area contributed by atoms with Crippen LogP contribution in [0.1, 0.15) is 5.56 Å². The number of hydrogen-bond acceptors (Lipinski definition) is 6. The number of likely N-dealkylation sites (N-methyl/N-ethyl adjacent to an activating group) is 1. The first kappa shape index (κ1) is 21.9. The van der Waals surface area contributed by atoms with Crippen LogP contribution in [-0.2, 0) is 4.79 Å². The highest BCUT2D eigenvalue weighted by molar-refractivity contribution is 5.99. The monoisotopic (exact) mass is 421 g/mol. The minimum atomic E-state index is -0.294. The number of rotatable bonds is 8. The molecule has 8 heteroatoms. The van der Waals surface area contributed by atoms with Crippen molar-refractivity contribution < 1.29 is 13.9 Å². The van der Waals surface area contributed by atoms with E-state index >= 15 is 0 Å². The number of nitrogens with one attached hydrogen (secondary N) is 2. The molecule has 0 aliphatic rings. The Balaban J connectivity index is 1.65. The second-order valence-corrected chi connectivity index (χ2v) is 7.11. The fourth-order valence-electron chi connectivity index (χ4n) is 2.64. The Labute approximate surface area is 180 Å². The van der Waals surface area contributed by atoms with E-state index in [1.54, 1.807) is 37.3 Å². The highest BCUT2D eigenvalue weighted by Crippen LogP contribution is 2.25. The summed E-state index contributed by atoms with van der Waals surface area (Å²) < 4.78 is 19.1. The molecule has 0 aliphatic heterocycles. The molecule has 3 rings (SSSR count). The number of carbonyl (C=O) groups is 1. The molecule has 0 spiro atoms. The van der Waals surface area contributed by atoms with Crippen molar-refractivity contribution in [1.29, 1.82) is 0 Å². The van der Waals surface area contributed by atoms with E-state index < -0.39 is 0 Å². The Morgan fingerprint density at radius 3 is 2.71 bits per heavy atom. The van der Waals surface area contributed by atoms with Crippen LogP contribution in [0.4, 0.5) is 21.6 Å². The lowest BCUT2D eigenvalue weighted by Gasteiger charge is -2.10. The smallest absolute Gasteiger partial charge is 0.248 e. The van der Waals surface area contributed by atoms with Gasteiger partial charge >= 0.3 is 0 Å². The lowest BCUT2D eigenvalue weighted by atomic mass is 10.2. The lowest BCUT2D eigenvalue weighted by Crippen LogP contribution is -2.12. The summed E-state index contributed by atoms with van der Waals surface area (Å²) in [4.78, 5) is 22.3. The van der Waals surface area contributed by atoms with Gasteiger partial charge < -0.3 is 20.3 Å². The average Bonchev–Trinajstić information content (AvgIpc) is 2.71. The molecule has 0 unspecified atom stereocenters. The van der Waals surface area contributed by atoms with Gasteiger partial charge in [-0.3, -0.25) is 4.79 Å². The third-order valence-corrected chi connectivity index (χ3v) is 4.14. The predicted molar refractivity (Wildman–Crippen MR) is 119 cm³/mol. The summed E-state index contributed by atoms with van der Waals surface area (Å²) in [5.41, 5.74) is 1.87.